The number of H-pyrrole nitrogens is 1. The molecule has 27 heavy (non-hydrogen) atoms. The zero-order valence-electron chi connectivity index (χ0n) is 15.2. The standard InChI is InChI=1S/C17H22N4O4S2/c1-3-21(13-8-9-27(23,24)11-13)16(22)10-26-17-18-15(19-20-17)7-6-14-5-4-12(2)25-14/h4-7,13H,3,8-11H2,1-2H3,(H,18,19,20)/b7-6+. The molecule has 2 aromatic rings. The Morgan fingerprint density at radius 2 is 2.26 bits per heavy atom. The van der Waals surface area contributed by atoms with Gasteiger partial charge in [-0.25, -0.2) is 13.4 Å². The van der Waals surface area contributed by atoms with Crippen LogP contribution >= 0.6 is 11.8 Å². The quantitative estimate of drug-likeness (QED) is 0.695. The molecule has 146 valence electrons. The van der Waals surface area contributed by atoms with Crippen molar-refractivity contribution in [2.24, 2.45) is 0 Å². The van der Waals surface area contributed by atoms with Crippen LogP contribution < -0.4 is 0 Å². The highest BCUT2D eigenvalue weighted by molar-refractivity contribution is 7.99. The van der Waals surface area contributed by atoms with Crippen LogP contribution in [0.3, 0.4) is 0 Å². The number of rotatable bonds is 7. The lowest BCUT2D eigenvalue weighted by molar-refractivity contribution is -0.129. The van der Waals surface area contributed by atoms with E-state index in [1.807, 2.05) is 26.0 Å². The molecule has 1 fully saturated rings. The van der Waals surface area contributed by atoms with Crippen molar-refractivity contribution in [3.05, 3.63) is 29.5 Å². The van der Waals surface area contributed by atoms with Crippen LogP contribution in [-0.4, -0.2) is 64.3 Å². The average molecular weight is 411 g/mol. The minimum absolute atomic E-state index is 0.0547. The maximum Gasteiger partial charge on any atom is 0.233 e. The van der Waals surface area contributed by atoms with Crippen molar-refractivity contribution in [2.45, 2.75) is 31.5 Å². The Hall–Kier alpha value is -2.07. The minimum atomic E-state index is -3.02. The molecule has 0 aromatic carbocycles. The number of hydrogen-bond acceptors (Lipinski definition) is 7. The number of thioether (sulfide) groups is 1. The first-order chi connectivity index (χ1) is 12.9. The van der Waals surface area contributed by atoms with Crippen molar-refractivity contribution in [2.75, 3.05) is 23.8 Å². The van der Waals surface area contributed by atoms with Crippen molar-refractivity contribution in [3.8, 4) is 0 Å². The molecule has 8 nitrogen and oxygen atoms in total. The van der Waals surface area contributed by atoms with Crippen molar-refractivity contribution < 1.29 is 17.6 Å². The third-order valence-corrected chi connectivity index (χ3v) is 6.87. The van der Waals surface area contributed by atoms with Crippen molar-refractivity contribution in [1.82, 2.24) is 20.1 Å². The highest BCUT2D eigenvalue weighted by Crippen LogP contribution is 2.20. The van der Waals surface area contributed by atoms with Gasteiger partial charge in [0, 0.05) is 12.6 Å². The Bertz CT molecular complexity index is 932. The summed E-state index contributed by atoms with van der Waals surface area (Å²) >= 11 is 1.23. The first kappa shape index (κ1) is 19.7. The number of aromatic amines is 1. The number of aryl methyl sites for hydroxylation is 1. The summed E-state index contributed by atoms with van der Waals surface area (Å²) in [7, 11) is -3.02. The zero-order chi connectivity index (χ0) is 19.4. The second kappa shape index (κ2) is 8.30. The highest BCUT2D eigenvalue weighted by atomic mass is 32.2. The van der Waals surface area contributed by atoms with Crippen LogP contribution in [0.5, 0.6) is 0 Å². The van der Waals surface area contributed by atoms with Crippen molar-refractivity contribution in [1.29, 1.82) is 0 Å². The predicted molar refractivity (Wildman–Crippen MR) is 104 cm³/mol. The fraction of sp³-hybridized carbons (Fsp3) is 0.471. The van der Waals surface area contributed by atoms with E-state index in [9.17, 15) is 13.2 Å². The molecular weight excluding hydrogens is 388 g/mol. The third kappa shape index (κ3) is 5.23. The van der Waals surface area contributed by atoms with E-state index in [2.05, 4.69) is 15.2 Å². The maximum absolute atomic E-state index is 12.5. The number of sulfone groups is 1. The monoisotopic (exact) mass is 410 g/mol. The van der Waals surface area contributed by atoms with E-state index >= 15 is 0 Å². The lowest BCUT2D eigenvalue weighted by Crippen LogP contribution is -2.41. The lowest BCUT2D eigenvalue weighted by atomic mass is 10.2. The van der Waals surface area contributed by atoms with Gasteiger partial charge in [-0.3, -0.25) is 9.89 Å². The topological polar surface area (TPSA) is 109 Å². The summed E-state index contributed by atoms with van der Waals surface area (Å²) in [6.07, 6.45) is 4.04. The van der Waals surface area contributed by atoms with Gasteiger partial charge in [-0.1, -0.05) is 11.8 Å². The normalized spacial score (nSPS) is 19.0. The Labute approximate surface area is 162 Å². The van der Waals surface area contributed by atoms with Gasteiger partial charge in [0.25, 0.3) is 0 Å². The minimum Gasteiger partial charge on any atom is -0.462 e. The average Bonchev–Trinajstić information content (AvgIpc) is 3.32. The van der Waals surface area contributed by atoms with Gasteiger partial charge in [-0.2, -0.15) is 0 Å². The number of nitrogens with zero attached hydrogens (tertiary/aromatic N) is 3. The summed E-state index contributed by atoms with van der Waals surface area (Å²) in [5.74, 6) is 2.39. The van der Waals surface area contributed by atoms with Gasteiger partial charge in [0.15, 0.2) is 9.84 Å². The van der Waals surface area contributed by atoms with Gasteiger partial charge in [0.2, 0.25) is 11.1 Å². The van der Waals surface area contributed by atoms with Crippen LogP contribution in [0.1, 0.15) is 30.7 Å². The Balaban J connectivity index is 1.54. The molecule has 0 radical (unpaired) electrons. The largest absolute Gasteiger partial charge is 0.462 e. The first-order valence-electron chi connectivity index (χ1n) is 8.66. The summed E-state index contributed by atoms with van der Waals surface area (Å²) in [4.78, 5) is 18.4. The molecule has 1 aliphatic rings. The smallest absolute Gasteiger partial charge is 0.233 e. The second-order valence-electron chi connectivity index (χ2n) is 6.31. The molecule has 0 bridgehead atoms. The Kier molecular flexibility index (Phi) is 6.05. The van der Waals surface area contributed by atoms with Crippen LogP contribution in [0, 0.1) is 6.92 Å². The molecular formula is C17H22N4O4S2. The summed E-state index contributed by atoms with van der Waals surface area (Å²) < 4.78 is 28.7. The van der Waals surface area contributed by atoms with E-state index in [0.717, 1.165) is 11.5 Å². The Morgan fingerprint density at radius 1 is 1.44 bits per heavy atom. The predicted octanol–water partition coefficient (Wildman–Crippen LogP) is 2.00. The summed E-state index contributed by atoms with van der Waals surface area (Å²) in [6, 6.07) is 3.51. The fourth-order valence-electron chi connectivity index (χ4n) is 2.97. The molecule has 0 spiro atoms. The van der Waals surface area contributed by atoms with Gasteiger partial charge in [-0.05, 0) is 44.6 Å². The molecule has 1 N–H and O–H groups in total. The van der Waals surface area contributed by atoms with E-state index in [-0.39, 0.29) is 29.2 Å². The Morgan fingerprint density at radius 3 is 2.89 bits per heavy atom. The molecule has 1 saturated heterocycles. The van der Waals surface area contributed by atoms with Crippen LogP contribution in [0.15, 0.2) is 21.7 Å². The molecule has 3 rings (SSSR count). The summed E-state index contributed by atoms with van der Waals surface area (Å²) in [6.45, 7) is 4.22. The number of amides is 1. The lowest BCUT2D eigenvalue weighted by Gasteiger charge is -2.26. The number of carbonyl (C=O) groups is 1. The molecule has 1 aliphatic heterocycles. The molecule has 0 saturated carbocycles. The zero-order valence-corrected chi connectivity index (χ0v) is 16.8. The van der Waals surface area contributed by atoms with Crippen molar-refractivity contribution in [3.63, 3.8) is 0 Å². The molecule has 1 atom stereocenters. The van der Waals surface area contributed by atoms with Gasteiger partial charge in [0.05, 0.1) is 17.3 Å². The van der Waals surface area contributed by atoms with Crippen LogP contribution in [0.4, 0.5) is 0 Å². The molecule has 10 heteroatoms. The summed E-state index contributed by atoms with van der Waals surface area (Å²) in [5.41, 5.74) is 0. The first-order valence-corrected chi connectivity index (χ1v) is 11.5. The SMILES string of the molecule is CCN(C(=O)CSc1n[nH]c(/C=C/c2ccc(C)o2)n1)C1CCS(=O)(=O)C1. The van der Waals surface area contributed by atoms with E-state index in [4.69, 9.17) is 4.42 Å². The fourth-order valence-corrected chi connectivity index (χ4v) is 5.39. The molecule has 1 unspecified atom stereocenters. The maximum atomic E-state index is 12.5. The molecule has 2 aromatic heterocycles. The number of carbonyl (C=O) groups excluding carboxylic acids is 1. The molecule has 1 amide bonds. The number of furan rings is 1. The molecule has 3 heterocycles. The second-order valence-corrected chi connectivity index (χ2v) is 9.48. The summed E-state index contributed by atoms with van der Waals surface area (Å²) in [5, 5.41) is 7.36. The number of nitrogens with one attached hydrogen (secondary N) is 1. The van der Waals surface area contributed by atoms with Gasteiger partial charge in [0.1, 0.15) is 17.3 Å². The third-order valence-electron chi connectivity index (χ3n) is 4.28. The van der Waals surface area contributed by atoms with Crippen LogP contribution in [0.25, 0.3) is 12.2 Å². The van der Waals surface area contributed by atoms with Crippen LogP contribution in [0.2, 0.25) is 0 Å². The number of aromatic nitrogens is 3. The van der Waals surface area contributed by atoms with Gasteiger partial charge in [-0.15, -0.1) is 5.10 Å². The van der Waals surface area contributed by atoms with Crippen molar-refractivity contribution >= 4 is 39.7 Å². The number of hydrogen-bond donors (Lipinski definition) is 1. The van der Waals surface area contributed by atoms with E-state index in [1.165, 1.54) is 11.8 Å². The van der Waals surface area contributed by atoms with Crippen LogP contribution in [-0.2, 0) is 14.6 Å². The van der Waals surface area contributed by atoms with E-state index < -0.39 is 9.84 Å². The van der Waals surface area contributed by atoms with E-state index in [0.29, 0.717) is 23.9 Å². The van der Waals surface area contributed by atoms with Gasteiger partial charge < -0.3 is 9.32 Å². The van der Waals surface area contributed by atoms with E-state index in [1.54, 1.807) is 17.1 Å². The molecule has 0 aliphatic carbocycles. The van der Waals surface area contributed by atoms with Gasteiger partial charge >= 0.3 is 0 Å². The highest BCUT2D eigenvalue weighted by Gasteiger charge is 2.33.